The molecule has 206 valence electrons. The van der Waals surface area contributed by atoms with Crippen LogP contribution in [-0.4, -0.2) is 43.8 Å². The van der Waals surface area contributed by atoms with Gasteiger partial charge in [0, 0.05) is 17.6 Å². The first-order valence-electron chi connectivity index (χ1n) is 13.1. The van der Waals surface area contributed by atoms with Gasteiger partial charge in [-0.15, -0.1) is 0 Å². The summed E-state index contributed by atoms with van der Waals surface area (Å²) in [5.74, 6) is -0.740. The van der Waals surface area contributed by atoms with Crippen molar-refractivity contribution in [3.63, 3.8) is 0 Å². The lowest BCUT2D eigenvalue weighted by molar-refractivity contribution is -0.139. The Balaban J connectivity index is 1.69. The summed E-state index contributed by atoms with van der Waals surface area (Å²) in [6.07, 6.45) is 3.97. The van der Waals surface area contributed by atoms with E-state index in [-0.39, 0.29) is 29.1 Å². The van der Waals surface area contributed by atoms with Crippen LogP contribution in [0.5, 0.6) is 0 Å². The molecular formula is C30H34ClN3O4S. The first kappa shape index (κ1) is 28.6. The summed E-state index contributed by atoms with van der Waals surface area (Å²) in [5.41, 5.74) is 2.12. The highest BCUT2D eigenvalue weighted by molar-refractivity contribution is 7.92. The van der Waals surface area contributed by atoms with Gasteiger partial charge in [-0.1, -0.05) is 73.0 Å². The molecule has 0 bridgehead atoms. The zero-order valence-corrected chi connectivity index (χ0v) is 23.8. The number of carbonyl (C=O) groups is 2. The molecule has 0 spiro atoms. The van der Waals surface area contributed by atoms with Crippen LogP contribution in [0.25, 0.3) is 0 Å². The van der Waals surface area contributed by atoms with Crippen LogP contribution in [0.2, 0.25) is 5.02 Å². The zero-order chi connectivity index (χ0) is 28.0. The van der Waals surface area contributed by atoms with Gasteiger partial charge in [-0.2, -0.15) is 0 Å². The second kappa shape index (κ2) is 12.7. The van der Waals surface area contributed by atoms with Crippen molar-refractivity contribution in [2.45, 2.75) is 63.1 Å². The number of nitrogens with one attached hydrogen (secondary N) is 1. The van der Waals surface area contributed by atoms with Gasteiger partial charge in [0.25, 0.3) is 10.0 Å². The molecular weight excluding hydrogens is 534 g/mol. The highest BCUT2D eigenvalue weighted by Crippen LogP contribution is 2.27. The number of halogens is 1. The van der Waals surface area contributed by atoms with E-state index in [1.165, 1.54) is 23.1 Å². The summed E-state index contributed by atoms with van der Waals surface area (Å²) in [6.45, 7) is 3.30. The Bertz CT molecular complexity index is 1410. The van der Waals surface area contributed by atoms with Crippen LogP contribution in [0.4, 0.5) is 5.69 Å². The maximum atomic E-state index is 14.0. The average Bonchev–Trinajstić information content (AvgIpc) is 3.44. The summed E-state index contributed by atoms with van der Waals surface area (Å²) in [7, 11) is -4.12. The lowest BCUT2D eigenvalue weighted by Crippen LogP contribution is -2.52. The smallest absolute Gasteiger partial charge is 0.264 e. The lowest BCUT2D eigenvalue weighted by Gasteiger charge is -2.33. The minimum absolute atomic E-state index is 0.0512. The van der Waals surface area contributed by atoms with Gasteiger partial charge in [-0.3, -0.25) is 13.9 Å². The number of sulfonamides is 1. The Labute approximate surface area is 235 Å². The van der Waals surface area contributed by atoms with Gasteiger partial charge in [0.1, 0.15) is 12.6 Å². The second-order valence-corrected chi connectivity index (χ2v) is 12.2. The van der Waals surface area contributed by atoms with Crippen LogP contribution in [0.15, 0.2) is 83.8 Å². The molecule has 1 aliphatic carbocycles. The molecule has 0 aliphatic heterocycles. The summed E-state index contributed by atoms with van der Waals surface area (Å²) in [6, 6.07) is 21.3. The maximum Gasteiger partial charge on any atom is 0.264 e. The number of carbonyl (C=O) groups excluding carboxylic acids is 2. The summed E-state index contributed by atoms with van der Waals surface area (Å²) in [4.78, 5) is 28.8. The molecule has 1 N–H and O–H groups in total. The molecule has 0 aromatic heterocycles. The first-order chi connectivity index (χ1) is 18.7. The van der Waals surface area contributed by atoms with Crippen molar-refractivity contribution < 1.29 is 18.0 Å². The number of hydrogen-bond donors (Lipinski definition) is 1. The predicted molar refractivity (Wildman–Crippen MR) is 154 cm³/mol. The molecule has 1 aliphatic rings. The first-order valence-corrected chi connectivity index (χ1v) is 15.0. The topological polar surface area (TPSA) is 86.8 Å². The standard InChI is InChI=1S/C30H34ClN3O4S/c1-22-11-6-7-12-24(22)20-33(23(2)30(36)32-26-14-8-9-15-26)29(35)21-34(27-16-10-13-25(31)19-27)39(37,38)28-17-4-3-5-18-28/h3-7,10-13,16-19,23,26H,8-9,14-15,20-21H2,1-2H3,(H,32,36). The highest BCUT2D eigenvalue weighted by atomic mass is 35.5. The normalized spacial score (nSPS) is 14.5. The van der Waals surface area contributed by atoms with Crippen LogP contribution in [0.3, 0.4) is 0 Å². The molecule has 4 rings (SSSR count). The number of nitrogens with zero attached hydrogens (tertiary/aromatic N) is 2. The molecule has 3 aromatic carbocycles. The van der Waals surface area contributed by atoms with E-state index in [1.54, 1.807) is 43.3 Å². The molecule has 7 nitrogen and oxygen atoms in total. The van der Waals surface area contributed by atoms with Crippen LogP contribution in [-0.2, 0) is 26.2 Å². The van der Waals surface area contributed by atoms with Crippen LogP contribution < -0.4 is 9.62 Å². The van der Waals surface area contributed by atoms with E-state index in [9.17, 15) is 18.0 Å². The van der Waals surface area contributed by atoms with Crippen LogP contribution >= 0.6 is 11.6 Å². The Morgan fingerprint density at radius 2 is 1.64 bits per heavy atom. The van der Waals surface area contributed by atoms with Gasteiger partial charge < -0.3 is 10.2 Å². The molecule has 1 unspecified atom stereocenters. The monoisotopic (exact) mass is 567 g/mol. The number of rotatable bonds is 10. The number of amides is 2. The van der Waals surface area contributed by atoms with Crippen LogP contribution in [0, 0.1) is 6.92 Å². The molecule has 0 heterocycles. The molecule has 0 radical (unpaired) electrons. The van der Waals surface area contributed by atoms with E-state index < -0.39 is 28.5 Å². The summed E-state index contributed by atoms with van der Waals surface area (Å²) < 4.78 is 28.6. The van der Waals surface area contributed by atoms with Crippen molar-refractivity contribution in [1.82, 2.24) is 10.2 Å². The van der Waals surface area contributed by atoms with Crippen molar-refractivity contribution in [3.05, 3.63) is 95.0 Å². The highest BCUT2D eigenvalue weighted by Gasteiger charge is 2.33. The quantitative estimate of drug-likeness (QED) is 0.359. The van der Waals surface area contributed by atoms with Gasteiger partial charge >= 0.3 is 0 Å². The fourth-order valence-corrected chi connectivity index (χ4v) is 6.44. The molecule has 0 saturated heterocycles. The van der Waals surface area contributed by atoms with Crippen molar-refractivity contribution in [2.75, 3.05) is 10.8 Å². The Kier molecular flexibility index (Phi) is 9.30. The van der Waals surface area contributed by atoms with Crippen molar-refractivity contribution in [1.29, 1.82) is 0 Å². The third-order valence-electron chi connectivity index (χ3n) is 7.18. The van der Waals surface area contributed by atoms with Crippen LogP contribution in [0.1, 0.15) is 43.7 Å². The summed E-state index contributed by atoms with van der Waals surface area (Å²) >= 11 is 6.21. The van der Waals surface area contributed by atoms with Crippen molar-refractivity contribution >= 4 is 39.1 Å². The van der Waals surface area contributed by atoms with E-state index >= 15 is 0 Å². The average molecular weight is 568 g/mol. The predicted octanol–water partition coefficient (Wildman–Crippen LogP) is 5.32. The molecule has 9 heteroatoms. The summed E-state index contributed by atoms with van der Waals surface area (Å²) in [5, 5.41) is 3.42. The molecule has 1 fully saturated rings. The zero-order valence-electron chi connectivity index (χ0n) is 22.2. The SMILES string of the molecule is Cc1ccccc1CN(C(=O)CN(c1cccc(Cl)c1)S(=O)(=O)c1ccccc1)C(C)C(=O)NC1CCCC1. The van der Waals surface area contributed by atoms with E-state index in [4.69, 9.17) is 11.6 Å². The van der Waals surface area contributed by atoms with E-state index in [0.717, 1.165) is 41.1 Å². The van der Waals surface area contributed by atoms with Crippen molar-refractivity contribution in [2.24, 2.45) is 0 Å². The van der Waals surface area contributed by atoms with E-state index in [1.807, 2.05) is 31.2 Å². The van der Waals surface area contributed by atoms with Crippen molar-refractivity contribution in [3.8, 4) is 0 Å². The Hall–Kier alpha value is -3.36. The molecule has 3 aromatic rings. The largest absolute Gasteiger partial charge is 0.352 e. The van der Waals surface area contributed by atoms with Gasteiger partial charge in [0.15, 0.2) is 0 Å². The molecule has 1 atom stereocenters. The second-order valence-electron chi connectivity index (χ2n) is 9.92. The van der Waals surface area contributed by atoms with E-state index in [2.05, 4.69) is 5.32 Å². The van der Waals surface area contributed by atoms with Gasteiger partial charge in [0.05, 0.1) is 10.6 Å². The number of hydrogen-bond acceptors (Lipinski definition) is 4. The van der Waals surface area contributed by atoms with E-state index in [0.29, 0.717) is 5.02 Å². The fourth-order valence-electron chi connectivity index (χ4n) is 4.83. The lowest BCUT2D eigenvalue weighted by atomic mass is 10.1. The third-order valence-corrected chi connectivity index (χ3v) is 9.20. The molecule has 2 amide bonds. The number of aryl methyl sites for hydroxylation is 1. The maximum absolute atomic E-state index is 14.0. The van der Waals surface area contributed by atoms with Gasteiger partial charge in [-0.05, 0) is 68.1 Å². The van der Waals surface area contributed by atoms with Gasteiger partial charge in [0.2, 0.25) is 11.8 Å². The minimum atomic E-state index is -4.12. The minimum Gasteiger partial charge on any atom is -0.352 e. The third kappa shape index (κ3) is 6.99. The number of anilines is 1. The van der Waals surface area contributed by atoms with Gasteiger partial charge in [-0.25, -0.2) is 8.42 Å². The fraction of sp³-hybridized carbons (Fsp3) is 0.333. The molecule has 39 heavy (non-hydrogen) atoms. The Morgan fingerprint density at radius 3 is 2.31 bits per heavy atom. The Morgan fingerprint density at radius 1 is 0.974 bits per heavy atom. The number of benzene rings is 3. The molecule has 1 saturated carbocycles.